The molecule has 3 rings (SSSR count). The lowest BCUT2D eigenvalue weighted by Gasteiger charge is -2.08. The molecule has 1 N–H and O–H groups in total. The van der Waals surface area contributed by atoms with Crippen molar-refractivity contribution in [2.75, 3.05) is 12.4 Å². The van der Waals surface area contributed by atoms with Crippen LogP contribution >= 0.6 is 11.6 Å². The van der Waals surface area contributed by atoms with Gasteiger partial charge in [-0.1, -0.05) is 23.7 Å². The number of methoxy groups -OCH3 is 1. The number of benzene rings is 1. The highest BCUT2D eigenvalue weighted by molar-refractivity contribution is 6.30. The molecule has 158 valence electrons. The molecule has 0 fully saturated rings. The van der Waals surface area contributed by atoms with Gasteiger partial charge in [-0.15, -0.1) is 5.10 Å². The van der Waals surface area contributed by atoms with Gasteiger partial charge < -0.3 is 10.1 Å². The summed E-state index contributed by atoms with van der Waals surface area (Å²) >= 11 is 5.92. The van der Waals surface area contributed by atoms with E-state index in [0.29, 0.717) is 22.9 Å². The summed E-state index contributed by atoms with van der Waals surface area (Å²) in [7, 11) is 1.31. The first kappa shape index (κ1) is 21.3. The third-order valence-corrected chi connectivity index (χ3v) is 4.81. The predicted molar refractivity (Wildman–Crippen MR) is 111 cm³/mol. The molecule has 2 heterocycles. The number of anilines is 1. The molecule has 0 radical (unpaired) electrons. The molecule has 0 saturated heterocycles. The molecule has 0 unspecified atom stereocenters. The van der Waals surface area contributed by atoms with Crippen molar-refractivity contribution in [2.24, 2.45) is 0 Å². The second kappa shape index (κ2) is 8.95. The molecule has 3 aromatic rings. The maximum atomic E-state index is 12.4. The van der Waals surface area contributed by atoms with Gasteiger partial charge in [0.1, 0.15) is 6.20 Å². The van der Waals surface area contributed by atoms with Crippen molar-refractivity contribution < 1.29 is 14.5 Å². The SMILES string of the molecule is COc1nn(CCC(=O)Nc2c(C)nn(Cc3ccc(Cl)cc3)c2C)cc1[N+](=O)[O-]. The van der Waals surface area contributed by atoms with Crippen molar-refractivity contribution in [3.63, 3.8) is 0 Å². The maximum Gasteiger partial charge on any atom is 0.350 e. The third-order valence-electron chi connectivity index (χ3n) is 4.56. The number of ether oxygens (including phenoxy) is 1. The molecule has 0 bridgehead atoms. The summed E-state index contributed by atoms with van der Waals surface area (Å²) in [6, 6.07) is 7.49. The van der Waals surface area contributed by atoms with E-state index in [9.17, 15) is 14.9 Å². The molecule has 1 aromatic carbocycles. The van der Waals surface area contributed by atoms with E-state index in [1.807, 2.05) is 42.8 Å². The molecular formula is C19H21ClN6O4. The van der Waals surface area contributed by atoms with E-state index < -0.39 is 4.92 Å². The minimum Gasteiger partial charge on any atom is -0.475 e. The summed E-state index contributed by atoms with van der Waals surface area (Å²) in [6.45, 7) is 4.43. The molecule has 0 aliphatic heterocycles. The molecule has 0 aliphatic rings. The van der Waals surface area contributed by atoms with Gasteiger partial charge in [0, 0.05) is 11.4 Å². The number of nitro groups is 1. The molecule has 2 aromatic heterocycles. The number of rotatable bonds is 8. The minimum absolute atomic E-state index is 0.0865. The number of nitrogens with zero attached hydrogens (tertiary/aromatic N) is 5. The van der Waals surface area contributed by atoms with Crippen LogP contribution in [0.1, 0.15) is 23.4 Å². The van der Waals surface area contributed by atoms with Crippen LogP contribution in [0.5, 0.6) is 5.88 Å². The monoisotopic (exact) mass is 432 g/mol. The Labute approximate surface area is 177 Å². The fourth-order valence-corrected chi connectivity index (χ4v) is 3.12. The molecule has 30 heavy (non-hydrogen) atoms. The first-order valence-corrected chi connectivity index (χ1v) is 9.50. The fraction of sp³-hybridized carbons (Fsp3) is 0.316. The average molecular weight is 433 g/mol. The van der Waals surface area contributed by atoms with E-state index in [4.69, 9.17) is 16.3 Å². The molecule has 0 atom stereocenters. The quantitative estimate of drug-likeness (QED) is 0.431. The zero-order chi connectivity index (χ0) is 21.8. The van der Waals surface area contributed by atoms with Gasteiger partial charge in [0.2, 0.25) is 5.91 Å². The highest BCUT2D eigenvalue weighted by Crippen LogP contribution is 2.24. The van der Waals surface area contributed by atoms with Crippen molar-refractivity contribution in [2.45, 2.75) is 33.4 Å². The number of amides is 1. The number of nitrogens with one attached hydrogen (secondary N) is 1. The molecule has 1 amide bonds. The van der Waals surface area contributed by atoms with Crippen LogP contribution in [0.25, 0.3) is 0 Å². The predicted octanol–water partition coefficient (Wildman–Crippen LogP) is 3.34. The summed E-state index contributed by atoms with van der Waals surface area (Å²) in [4.78, 5) is 22.8. The van der Waals surface area contributed by atoms with E-state index in [1.54, 1.807) is 0 Å². The van der Waals surface area contributed by atoms with E-state index in [-0.39, 0.29) is 30.4 Å². The molecule has 0 spiro atoms. The number of aryl methyl sites for hydroxylation is 2. The summed E-state index contributed by atoms with van der Waals surface area (Å²) in [6.07, 6.45) is 1.33. The van der Waals surface area contributed by atoms with Crippen LogP contribution in [-0.4, -0.2) is 37.5 Å². The van der Waals surface area contributed by atoms with Gasteiger partial charge >= 0.3 is 11.6 Å². The Balaban J connectivity index is 1.65. The topological polar surface area (TPSA) is 117 Å². The first-order valence-electron chi connectivity index (χ1n) is 9.12. The van der Waals surface area contributed by atoms with Gasteiger partial charge in [-0.05, 0) is 31.5 Å². The number of carbonyl (C=O) groups excluding carboxylic acids is 1. The van der Waals surface area contributed by atoms with Crippen LogP contribution in [0.3, 0.4) is 0 Å². The Morgan fingerprint density at radius 1 is 1.27 bits per heavy atom. The van der Waals surface area contributed by atoms with Crippen molar-refractivity contribution in [3.05, 3.63) is 62.6 Å². The van der Waals surface area contributed by atoms with Gasteiger partial charge in [0.25, 0.3) is 0 Å². The Morgan fingerprint density at radius 3 is 2.57 bits per heavy atom. The Kier molecular flexibility index (Phi) is 6.36. The summed E-state index contributed by atoms with van der Waals surface area (Å²) in [5.41, 5.74) is 2.97. The first-order chi connectivity index (χ1) is 14.3. The number of hydrogen-bond acceptors (Lipinski definition) is 6. The van der Waals surface area contributed by atoms with Crippen LogP contribution in [0, 0.1) is 24.0 Å². The minimum atomic E-state index is -0.579. The number of halogens is 1. The zero-order valence-electron chi connectivity index (χ0n) is 16.8. The number of carbonyl (C=O) groups is 1. The third kappa shape index (κ3) is 4.77. The van der Waals surface area contributed by atoms with Crippen molar-refractivity contribution in [3.8, 4) is 5.88 Å². The molecule has 10 nitrogen and oxygen atoms in total. The lowest BCUT2D eigenvalue weighted by molar-refractivity contribution is -0.385. The van der Waals surface area contributed by atoms with E-state index in [2.05, 4.69) is 15.5 Å². The van der Waals surface area contributed by atoms with Crippen molar-refractivity contribution in [1.82, 2.24) is 19.6 Å². The molecular weight excluding hydrogens is 412 g/mol. The highest BCUT2D eigenvalue weighted by atomic mass is 35.5. The van der Waals surface area contributed by atoms with Crippen LogP contribution in [0.4, 0.5) is 11.4 Å². The van der Waals surface area contributed by atoms with Crippen LogP contribution in [0.15, 0.2) is 30.5 Å². The van der Waals surface area contributed by atoms with E-state index in [1.165, 1.54) is 18.0 Å². The average Bonchev–Trinajstić information content (AvgIpc) is 3.24. The lowest BCUT2D eigenvalue weighted by atomic mass is 10.2. The highest BCUT2D eigenvalue weighted by Gasteiger charge is 2.21. The normalized spacial score (nSPS) is 10.8. The lowest BCUT2D eigenvalue weighted by Crippen LogP contribution is -2.16. The summed E-state index contributed by atoms with van der Waals surface area (Å²) < 4.78 is 8.02. The van der Waals surface area contributed by atoms with Gasteiger partial charge in [0.05, 0.1) is 42.2 Å². The fourth-order valence-electron chi connectivity index (χ4n) is 2.99. The summed E-state index contributed by atoms with van der Waals surface area (Å²) in [5.74, 6) is -0.333. The van der Waals surface area contributed by atoms with Gasteiger partial charge in [-0.25, -0.2) is 0 Å². The van der Waals surface area contributed by atoms with Crippen LogP contribution < -0.4 is 10.1 Å². The Hall–Kier alpha value is -3.40. The van der Waals surface area contributed by atoms with Gasteiger partial charge in [-0.2, -0.15) is 5.10 Å². The van der Waals surface area contributed by atoms with Crippen LogP contribution in [-0.2, 0) is 17.9 Å². The standard InChI is InChI=1S/C19H21ClN6O4/c1-12-18(13(2)25(22-12)10-14-4-6-15(20)7-5-14)21-17(27)8-9-24-11-16(26(28)29)19(23-24)30-3/h4-7,11H,8-10H2,1-3H3,(H,21,27). The summed E-state index contributed by atoms with van der Waals surface area (Å²) in [5, 5.41) is 23.0. The Morgan fingerprint density at radius 2 is 1.97 bits per heavy atom. The van der Waals surface area contributed by atoms with E-state index >= 15 is 0 Å². The molecule has 11 heteroatoms. The van der Waals surface area contributed by atoms with Gasteiger partial charge in [0.15, 0.2) is 0 Å². The second-order valence-corrected chi connectivity index (χ2v) is 7.11. The largest absolute Gasteiger partial charge is 0.475 e. The van der Waals surface area contributed by atoms with Gasteiger partial charge in [-0.3, -0.25) is 24.3 Å². The van der Waals surface area contributed by atoms with Crippen molar-refractivity contribution >= 4 is 28.9 Å². The maximum absolute atomic E-state index is 12.4. The van der Waals surface area contributed by atoms with Crippen molar-refractivity contribution in [1.29, 1.82) is 0 Å². The molecule has 0 saturated carbocycles. The van der Waals surface area contributed by atoms with Crippen LogP contribution in [0.2, 0.25) is 5.02 Å². The molecule has 0 aliphatic carbocycles. The number of aromatic nitrogens is 4. The van der Waals surface area contributed by atoms with E-state index in [0.717, 1.165) is 11.3 Å². The smallest absolute Gasteiger partial charge is 0.350 e. The number of hydrogen-bond donors (Lipinski definition) is 1. The zero-order valence-corrected chi connectivity index (χ0v) is 17.5. The Bertz CT molecular complexity index is 1070. The second-order valence-electron chi connectivity index (χ2n) is 6.67.